The summed E-state index contributed by atoms with van der Waals surface area (Å²) in [5, 5.41) is 0.735. The number of hydrogen-bond acceptors (Lipinski definition) is 2. The van der Waals surface area contributed by atoms with E-state index < -0.39 is 0 Å². The maximum absolute atomic E-state index is 10.8. The van der Waals surface area contributed by atoms with E-state index in [1.807, 2.05) is 59.5 Å². The molecule has 136 valence electrons. The second-order valence-electron chi connectivity index (χ2n) is 5.95. The van der Waals surface area contributed by atoms with Crippen LogP contribution in [0.1, 0.15) is 50.8 Å². The average molecular weight is 361 g/mol. The summed E-state index contributed by atoms with van der Waals surface area (Å²) in [6.45, 7) is 7.62. The molecule has 2 aromatic carbocycles. The van der Waals surface area contributed by atoms with Crippen molar-refractivity contribution < 1.29 is 4.79 Å². The van der Waals surface area contributed by atoms with Crippen LogP contribution in [0.3, 0.4) is 0 Å². The summed E-state index contributed by atoms with van der Waals surface area (Å²) in [5.74, 6) is 0.198. The molecule has 1 unspecified atom stereocenters. The minimum Gasteiger partial charge on any atom is -0.343 e. The standard InChI is InChI=1S/C13H12ClN.C8H17NO/c14-12-8-6-11(7-9-12)13(15)10-4-2-1-3-5-10;1-4-6-9(7-5-2)8(3)10/h1-9,13H,15H2;4-7H2,1-3H3. The molecule has 2 N–H and O–H groups in total. The van der Waals surface area contributed by atoms with Crippen molar-refractivity contribution in [2.24, 2.45) is 5.73 Å². The smallest absolute Gasteiger partial charge is 0.219 e. The Hall–Kier alpha value is -1.84. The number of benzene rings is 2. The largest absolute Gasteiger partial charge is 0.343 e. The Kier molecular flexibility index (Phi) is 9.90. The van der Waals surface area contributed by atoms with Crippen LogP contribution in [0.5, 0.6) is 0 Å². The first-order chi connectivity index (χ1) is 12.0. The summed E-state index contributed by atoms with van der Waals surface area (Å²) in [5.41, 5.74) is 8.31. The molecule has 3 nitrogen and oxygen atoms in total. The fourth-order valence-electron chi connectivity index (χ4n) is 2.49. The number of nitrogens with zero attached hydrogens (tertiary/aromatic N) is 1. The highest BCUT2D eigenvalue weighted by molar-refractivity contribution is 6.30. The third-order valence-corrected chi connectivity index (χ3v) is 4.07. The first kappa shape index (κ1) is 21.2. The van der Waals surface area contributed by atoms with Crippen LogP contribution < -0.4 is 5.73 Å². The second kappa shape index (κ2) is 11.7. The van der Waals surface area contributed by atoms with Crippen LogP contribution in [0.25, 0.3) is 0 Å². The molecule has 1 atom stereocenters. The second-order valence-corrected chi connectivity index (χ2v) is 6.38. The Morgan fingerprint density at radius 1 is 0.960 bits per heavy atom. The first-order valence-corrected chi connectivity index (χ1v) is 9.18. The van der Waals surface area contributed by atoms with Gasteiger partial charge in [-0.2, -0.15) is 0 Å². The zero-order valence-corrected chi connectivity index (χ0v) is 16.2. The van der Waals surface area contributed by atoms with Gasteiger partial charge < -0.3 is 10.6 Å². The SMILES string of the molecule is CCCN(CCC)C(C)=O.NC(c1ccccc1)c1ccc(Cl)cc1. The molecule has 0 spiro atoms. The third kappa shape index (κ3) is 7.72. The van der Waals surface area contributed by atoms with Gasteiger partial charge in [-0.15, -0.1) is 0 Å². The van der Waals surface area contributed by atoms with Crippen LogP contribution >= 0.6 is 11.6 Å². The molecular weight excluding hydrogens is 332 g/mol. The Morgan fingerprint density at radius 2 is 1.44 bits per heavy atom. The highest BCUT2D eigenvalue weighted by Crippen LogP contribution is 2.20. The lowest BCUT2D eigenvalue weighted by Gasteiger charge is -2.18. The van der Waals surface area contributed by atoms with Gasteiger partial charge in [-0.1, -0.05) is 67.9 Å². The molecule has 0 aliphatic heterocycles. The molecule has 0 aromatic heterocycles. The van der Waals surface area contributed by atoms with E-state index in [0.29, 0.717) is 0 Å². The van der Waals surface area contributed by atoms with E-state index in [9.17, 15) is 4.79 Å². The van der Waals surface area contributed by atoms with E-state index in [0.717, 1.165) is 42.1 Å². The van der Waals surface area contributed by atoms with Gasteiger partial charge >= 0.3 is 0 Å². The van der Waals surface area contributed by atoms with Crippen LogP contribution in [-0.2, 0) is 4.79 Å². The van der Waals surface area contributed by atoms with E-state index in [4.69, 9.17) is 17.3 Å². The summed E-state index contributed by atoms with van der Waals surface area (Å²) < 4.78 is 0. The maximum atomic E-state index is 10.8. The van der Waals surface area contributed by atoms with Crippen molar-refractivity contribution >= 4 is 17.5 Å². The van der Waals surface area contributed by atoms with Crippen molar-refractivity contribution in [1.29, 1.82) is 0 Å². The minimum absolute atomic E-state index is 0.0801. The Balaban J connectivity index is 0.000000275. The molecular formula is C21H29ClN2O. The summed E-state index contributed by atoms with van der Waals surface area (Å²) in [6, 6.07) is 17.6. The van der Waals surface area contributed by atoms with Crippen molar-refractivity contribution in [3.05, 3.63) is 70.7 Å². The Labute approximate surface area is 156 Å². The van der Waals surface area contributed by atoms with Crippen LogP contribution in [0.2, 0.25) is 5.02 Å². The van der Waals surface area contributed by atoms with Crippen LogP contribution in [0.4, 0.5) is 0 Å². The van der Waals surface area contributed by atoms with Crippen molar-refractivity contribution in [1.82, 2.24) is 4.90 Å². The van der Waals surface area contributed by atoms with Crippen molar-refractivity contribution in [3.63, 3.8) is 0 Å². The number of carbonyl (C=O) groups excluding carboxylic acids is 1. The molecule has 0 saturated carbocycles. The van der Waals surface area contributed by atoms with E-state index in [1.165, 1.54) is 0 Å². The van der Waals surface area contributed by atoms with Crippen LogP contribution in [0, 0.1) is 0 Å². The highest BCUT2D eigenvalue weighted by atomic mass is 35.5. The Bertz CT molecular complexity index is 608. The summed E-state index contributed by atoms with van der Waals surface area (Å²) >= 11 is 5.82. The zero-order valence-electron chi connectivity index (χ0n) is 15.4. The van der Waals surface area contributed by atoms with E-state index >= 15 is 0 Å². The maximum Gasteiger partial charge on any atom is 0.219 e. The average Bonchev–Trinajstić information content (AvgIpc) is 2.63. The van der Waals surface area contributed by atoms with Gasteiger partial charge in [0.15, 0.2) is 0 Å². The van der Waals surface area contributed by atoms with Gasteiger partial charge in [-0.25, -0.2) is 0 Å². The summed E-state index contributed by atoms with van der Waals surface area (Å²) in [7, 11) is 0. The summed E-state index contributed by atoms with van der Waals surface area (Å²) in [6.07, 6.45) is 2.11. The number of carbonyl (C=O) groups is 1. The summed E-state index contributed by atoms with van der Waals surface area (Å²) in [4.78, 5) is 12.7. The van der Waals surface area contributed by atoms with Gasteiger partial charge in [0.25, 0.3) is 0 Å². The molecule has 2 rings (SSSR count). The number of rotatable bonds is 6. The van der Waals surface area contributed by atoms with Gasteiger partial charge in [0.1, 0.15) is 0 Å². The molecule has 0 radical (unpaired) electrons. The van der Waals surface area contributed by atoms with Gasteiger partial charge in [0.05, 0.1) is 6.04 Å². The molecule has 0 fully saturated rings. The normalized spacial score (nSPS) is 11.2. The molecule has 0 aliphatic rings. The van der Waals surface area contributed by atoms with Crippen molar-refractivity contribution in [3.8, 4) is 0 Å². The lowest BCUT2D eigenvalue weighted by atomic mass is 10.00. The zero-order chi connectivity index (χ0) is 18.7. The van der Waals surface area contributed by atoms with E-state index in [-0.39, 0.29) is 11.9 Å². The minimum atomic E-state index is -0.0801. The fourth-order valence-corrected chi connectivity index (χ4v) is 2.62. The molecule has 0 aliphatic carbocycles. The quantitative estimate of drug-likeness (QED) is 0.784. The number of hydrogen-bond donors (Lipinski definition) is 1. The highest BCUT2D eigenvalue weighted by Gasteiger charge is 2.07. The lowest BCUT2D eigenvalue weighted by Crippen LogP contribution is -2.29. The monoisotopic (exact) mass is 360 g/mol. The van der Waals surface area contributed by atoms with E-state index in [1.54, 1.807) is 6.92 Å². The number of amides is 1. The molecule has 25 heavy (non-hydrogen) atoms. The van der Waals surface area contributed by atoms with Crippen molar-refractivity contribution in [2.45, 2.75) is 39.7 Å². The van der Waals surface area contributed by atoms with Gasteiger partial charge in [-0.3, -0.25) is 4.79 Å². The molecule has 4 heteroatoms. The molecule has 2 aromatic rings. The molecule has 0 bridgehead atoms. The predicted molar refractivity (Wildman–Crippen MR) is 107 cm³/mol. The van der Waals surface area contributed by atoms with Gasteiger partial charge in [0, 0.05) is 25.0 Å². The lowest BCUT2D eigenvalue weighted by molar-refractivity contribution is -0.128. The van der Waals surface area contributed by atoms with Crippen LogP contribution in [-0.4, -0.2) is 23.9 Å². The number of halogens is 1. The molecule has 1 amide bonds. The fraction of sp³-hybridized carbons (Fsp3) is 0.381. The van der Waals surface area contributed by atoms with Crippen LogP contribution in [0.15, 0.2) is 54.6 Å². The van der Waals surface area contributed by atoms with Gasteiger partial charge in [0.2, 0.25) is 5.91 Å². The molecule has 0 heterocycles. The molecule has 0 saturated heterocycles. The predicted octanol–water partition coefficient (Wildman–Crippen LogP) is 5.04. The Morgan fingerprint density at radius 3 is 1.88 bits per heavy atom. The third-order valence-electron chi connectivity index (χ3n) is 3.82. The topological polar surface area (TPSA) is 46.3 Å². The number of nitrogens with two attached hydrogens (primary N) is 1. The van der Waals surface area contributed by atoms with Crippen molar-refractivity contribution in [2.75, 3.05) is 13.1 Å². The first-order valence-electron chi connectivity index (χ1n) is 8.81. The van der Waals surface area contributed by atoms with E-state index in [2.05, 4.69) is 13.8 Å². The van der Waals surface area contributed by atoms with Gasteiger partial charge in [-0.05, 0) is 36.1 Å².